The molecule has 1 N–H and O–H groups in total. The fourth-order valence-corrected chi connectivity index (χ4v) is 2.16. The van der Waals surface area contributed by atoms with Crippen molar-refractivity contribution in [2.75, 3.05) is 26.9 Å². The van der Waals surface area contributed by atoms with Crippen LogP contribution in [0, 0.1) is 11.8 Å². The van der Waals surface area contributed by atoms with E-state index in [-0.39, 0.29) is 17.8 Å². The highest BCUT2D eigenvalue weighted by Crippen LogP contribution is 2.25. The first-order valence-electron chi connectivity index (χ1n) is 6.93. The summed E-state index contributed by atoms with van der Waals surface area (Å²) in [4.78, 5) is 23.0. The van der Waals surface area contributed by atoms with Crippen molar-refractivity contribution in [3.8, 4) is 0 Å². The molecule has 6 heteroatoms. The van der Waals surface area contributed by atoms with Crippen LogP contribution in [0.15, 0.2) is 0 Å². The SMILES string of the molecule is COC(=O)C[C@@H]1CCOC[C@H]1CNC(=O)OC(C)(C)C. The van der Waals surface area contributed by atoms with Gasteiger partial charge >= 0.3 is 12.1 Å². The van der Waals surface area contributed by atoms with Crippen LogP contribution in [0.25, 0.3) is 0 Å². The Hall–Kier alpha value is -1.30. The summed E-state index contributed by atoms with van der Waals surface area (Å²) in [6.07, 6.45) is 0.718. The van der Waals surface area contributed by atoms with Crippen molar-refractivity contribution >= 4 is 12.1 Å². The van der Waals surface area contributed by atoms with Gasteiger partial charge in [-0.25, -0.2) is 4.79 Å². The Bertz CT molecular complexity index is 337. The summed E-state index contributed by atoms with van der Waals surface area (Å²) in [6.45, 7) is 7.07. The first-order chi connectivity index (χ1) is 9.31. The summed E-state index contributed by atoms with van der Waals surface area (Å²) in [5.41, 5.74) is -0.515. The van der Waals surface area contributed by atoms with Crippen molar-refractivity contribution in [3.05, 3.63) is 0 Å². The molecule has 0 aromatic carbocycles. The molecule has 0 saturated carbocycles. The minimum Gasteiger partial charge on any atom is -0.469 e. The molecule has 0 unspecified atom stereocenters. The van der Waals surface area contributed by atoms with Gasteiger partial charge in [0.05, 0.1) is 13.7 Å². The molecule has 0 aromatic rings. The fourth-order valence-electron chi connectivity index (χ4n) is 2.16. The highest BCUT2D eigenvalue weighted by atomic mass is 16.6. The number of hydrogen-bond acceptors (Lipinski definition) is 5. The van der Waals surface area contributed by atoms with Gasteiger partial charge in [0.1, 0.15) is 5.60 Å². The molecule has 1 fully saturated rings. The predicted octanol–water partition coefficient (Wildman–Crippen LogP) is 1.73. The van der Waals surface area contributed by atoms with Crippen molar-refractivity contribution in [2.45, 2.75) is 39.2 Å². The zero-order chi connectivity index (χ0) is 15.2. The number of amides is 1. The van der Waals surface area contributed by atoms with E-state index >= 15 is 0 Å². The lowest BCUT2D eigenvalue weighted by Gasteiger charge is -2.31. The third-order valence-corrected chi connectivity index (χ3v) is 3.20. The number of methoxy groups -OCH3 is 1. The average Bonchev–Trinajstić information content (AvgIpc) is 2.35. The number of ether oxygens (including phenoxy) is 3. The monoisotopic (exact) mass is 287 g/mol. The van der Waals surface area contributed by atoms with Crippen LogP contribution < -0.4 is 5.32 Å². The van der Waals surface area contributed by atoms with E-state index in [9.17, 15) is 9.59 Å². The molecule has 20 heavy (non-hydrogen) atoms. The molecule has 1 rings (SSSR count). The van der Waals surface area contributed by atoms with E-state index in [1.165, 1.54) is 7.11 Å². The highest BCUT2D eigenvalue weighted by Gasteiger charge is 2.29. The number of carbonyl (C=O) groups is 2. The van der Waals surface area contributed by atoms with E-state index < -0.39 is 11.7 Å². The van der Waals surface area contributed by atoms with E-state index in [2.05, 4.69) is 5.32 Å². The third-order valence-electron chi connectivity index (χ3n) is 3.20. The molecule has 116 valence electrons. The third kappa shape index (κ3) is 6.23. The standard InChI is InChI=1S/C14H25NO5/c1-14(2,3)20-13(17)15-8-11-9-19-6-5-10(11)7-12(16)18-4/h10-11H,5-9H2,1-4H3,(H,15,17)/t10-,11+/m0/s1. The molecule has 0 spiro atoms. The topological polar surface area (TPSA) is 73.9 Å². The zero-order valence-corrected chi connectivity index (χ0v) is 12.7. The van der Waals surface area contributed by atoms with Gasteiger partial charge in [-0.05, 0) is 33.1 Å². The van der Waals surface area contributed by atoms with Gasteiger partial charge in [-0.1, -0.05) is 0 Å². The molecular formula is C14H25NO5. The molecule has 0 aromatic heterocycles. The number of carbonyl (C=O) groups excluding carboxylic acids is 2. The van der Waals surface area contributed by atoms with E-state index in [1.807, 2.05) is 20.8 Å². The molecule has 1 saturated heterocycles. The molecule has 1 heterocycles. The van der Waals surface area contributed by atoms with E-state index in [0.29, 0.717) is 26.2 Å². The minimum absolute atomic E-state index is 0.107. The first-order valence-corrected chi connectivity index (χ1v) is 6.93. The quantitative estimate of drug-likeness (QED) is 0.797. The Morgan fingerprint density at radius 3 is 2.60 bits per heavy atom. The van der Waals surface area contributed by atoms with Gasteiger partial charge < -0.3 is 19.5 Å². The second-order valence-corrected chi connectivity index (χ2v) is 6.05. The molecule has 0 aliphatic carbocycles. The lowest BCUT2D eigenvalue weighted by Crippen LogP contribution is -2.40. The Balaban J connectivity index is 2.42. The molecule has 0 bridgehead atoms. The second-order valence-electron chi connectivity index (χ2n) is 6.05. The first kappa shape index (κ1) is 16.8. The van der Waals surface area contributed by atoms with Crippen LogP contribution in [0.4, 0.5) is 4.79 Å². The zero-order valence-electron chi connectivity index (χ0n) is 12.7. The van der Waals surface area contributed by atoms with Crippen LogP contribution in [0.5, 0.6) is 0 Å². The van der Waals surface area contributed by atoms with Crippen molar-refractivity contribution in [1.82, 2.24) is 5.32 Å². The maximum absolute atomic E-state index is 11.6. The molecule has 0 radical (unpaired) electrons. The maximum Gasteiger partial charge on any atom is 0.407 e. The summed E-state index contributed by atoms with van der Waals surface area (Å²) in [6, 6.07) is 0. The van der Waals surface area contributed by atoms with Crippen molar-refractivity contribution in [2.24, 2.45) is 11.8 Å². The van der Waals surface area contributed by atoms with Crippen molar-refractivity contribution in [1.29, 1.82) is 0 Å². The lowest BCUT2D eigenvalue weighted by atomic mass is 9.86. The number of hydrogen-bond donors (Lipinski definition) is 1. The Labute approximate surface area is 120 Å². The van der Waals surface area contributed by atoms with Gasteiger partial charge in [0, 0.05) is 25.5 Å². The molecule has 1 aliphatic heterocycles. The molecule has 1 aliphatic rings. The maximum atomic E-state index is 11.6. The van der Waals surface area contributed by atoms with Crippen molar-refractivity contribution < 1.29 is 23.8 Å². The summed E-state index contributed by atoms with van der Waals surface area (Å²) < 4.78 is 15.3. The van der Waals surface area contributed by atoms with Gasteiger partial charge in [-0.15, -0.1) is 0 Å². The lowest BCUT2D eigenvalue weighted by molar-refractivity contribution is -0.143. The van der Waals surface area contributed by atoms with Crippen molar-refractivity contribution in [3.63, 3.8) is 0 Å². The molecule has 6 nitrogen and oxygen atoms in total. The largest absolute Gasteiger partial charge is 0.469 e. The summed E-state index contributed by atoms with van der Waals surface area (Å²) in [7, 11) is 1.38. The molecular weight excluding hydrogens is 262 g/mol. The van der Waals surface area contributed by atoms with Crippen LogP contribution in [0.3, 0.4) is 0 Å². The van der Waals surface area contributed by atoms with Gasteiger partial charge in [0.15, 0.2) is 0 Å². The second kappa shape index (κ2) is 7.47. The van der Waals surface area contributed by atoms with E-state index in [1.54, 1.807) is 0 Å². The minimum atomic E-state index is -0.515. The van der Waals surface area contributed by atoms with Gasteiger partial charge in [0.25, 0.3) is 0 Å². The normalized spacial score (nSPS) is 23.0. The summed E-state index contributed by atoms with van der Waals surface area (Å²) in [5.74, 6) is 0.0562. The Morgan fingerprint density at radius 2 is 2.00 bits per heavy atom. The fraction of sp³-hybridized carbons (Fsp3) is 0.857. The van der Waals surface area contributed by atoms with Gasteiger partial charge in [-0.3, -0.25) is 4.79 Å². The Morgan fingerprint density at radius 1 is 1.30 bits per heavy atom. The van der Waals surface area contributed by atoms with Crippen LogP contribution in [-0.2, 0) is 19.0 Å². The van der Waals surface area contributed by atoms with Crippen LogP contribution >= 0.6 is 0 Å². The predicted molar refractivity (Wildman–Crippen MR) is 73.3 cm³/mol. The van der Waals surface area contributed by atoms with Gasteiger partial charge in [0.2, 0.25) is 0 Å². The van der Waals surface area contributed by atoms with Gasteiger partial charge in [-0.2, -0.15) is 0 Å². The van der Waals surface area contributed by atoms with Crippen LogP contribution in [0.1, 0.15) is 33.6 Å². The van der Waals surface area contributed by atoms with E-state index in [0.717, 1.165) is 6.42 Å². The van der Waals surface area contributed by atoms with Crippen LogP contribution in [-0.4, -0.2) is 44.5 Å². The Kier molecular flexibility index (Phi) is 6.26. The molecule has 1 amide bonds. The molecule has 2 atom stereocenters. The summed E-state index contributed by atoms with van der Waals surface area (Å²) in [5, 5.41) is 2.74. The highest BCUT2D eigenvalue weighted by molar-refractivity contribution is 5.69. The number of alkyl carbamates (subject to hydrolysis) is 1. The number of esters is 1. The van der Waals surface area contributed by atoms with E-state index in [4.69, 9.17) is 14.2 Å². The summed E-state index contributed by atoms with van der Waals surface area (Å²) >= 11 is 0. The number of rotatable bonds is 4. The van der Waals surface area contributed by atoms with Crippen LogP contribution in [0.2, 0.25) is 0 Å². The average molecular weight is 287 g/mol. The number of nitrogens with one attached hydrogen (secondary N) is 1. The smallest absolute Gasteiger partial charge is 0.407 e.